The number of rotatable bonds is 4. The molecule has 0 saturated heterocycles. The molecule has 7 nitrogen and oxygen atoms in total. The number of carbonyl (C=O) groups is 1. The Kier molecular flexibility index (Phi) is 3.65. The third-order valence-corrected chi connectivity index (χ3v) is 3.54. The number of carbonyl (C=O) groups excluding carboxylic acids is 1. The van der Waals surface area contributed by atoms with Crippen LogP contribution in [0.5, 0.6) is 0 Å². The smallest absolute Gasteiger partial charge is 0.254 e. The van der Waals surface area contributed by atoms with Crippen LogP contribution in [0.2, 0.25) is 0 Å². The molecule has 1 aromatic rings. The first kappa shape index (κ1) is 12.5. The number of nitrogens with one attached hydrogen (secondary N) is 2. The van der Waals surface area contributed by atoms with Crippen molar-refractivity contribution in [2.45, 2.75) is 64.5 Å². The molecular weight excluding hydrogens is 294 g/mol. The molecule has 128 valence electrons. The molecule has 3 atom stereocenters. The van der Waals surface area contributed by atoms with E-state index in [1.165, 1.54) is 6.20 Å². The highest BCUT2D eigenvalue weighted by atomic mass is 16.3. The molecule has 1 amide bonds. The van der Waals surface area contributed by atoms with Crippen LogP contribution < -0.4 is 16.4 Å². The van der Waals surface area contributed by atoms with Gasteiger partial charge in [-0.1, -0.05) is 6.85 Å². The van der Waals surface area contributed by atoms with Crippen molar-refractivity contribution in [1.29, 1.82) is 0 Å². The predicted molar refractivity (Wildman–Crippen MR) is 90.4 cm³/mol. The van der Waals surface area contributed by atoms with E-state index in [2.05, 4.69) is 20.6 Å². The van der Waals surface area contributed by atoms with Crippen molar-refractivity contribution < 1.29 is 15.4 Å². The van der Waals surface area contributed by atoms with Crippen LogP contribution in [0.3, 0.4) is 0 Å². The van der Waals surface area contributed by atoms with Crippen molar-refractivity contribution in [2.24, 2.45) is 11.7 Å². The summed E-state index contributed by atoms with van der Waals surface area (Å²) in [6.07, 6.45) is -0.340. The Morgan fingerprint density at radius 2 is 2.26 bits per heavy atom. The fourth-order valence-electron chi connectivity index (χ4n) is 2.42. The quantitative estimate of drug-likeness (QED) is 0.671. The number of primary amides is 1. The van der Waals surface area contributed by atoms with E-state index in [1.807, 2.05) is 20.8 Å². The zero-order valence-corrected chi connectivity index (χ0v) is 13.7. The first-order valence-electron chi connectivity index (χ1n) is 9.63. The lowest BCUT2D eigenvalue weighted by atomic mass is 9.85. The van der Waals surface area contributed by atoms with Gasteiger partial charge in [-0.25, -0.2) is 4.98 Å². The molecule has 1 saturated carbocycles. The summed E-state index contributed by atoms with van der Waals surface area (Å²) in [5.74, 6) is -1.34. The van der Waals surface area contributed by atoms with Gasteiger partial charge in [0.2, 0.25) is 5.95 Å². The Morgan fingerprint density at radius 1 is 1.52 bits per heavy atom. The van der Waals surface area contributed by atoms with Crippen LogP contribution in [0.1, 0.15) is 62.7 Å². The van der Waals surface area contributed by atoms with Crippen LogP contribution in [0.15, 0.2) is 6.20 Å². The summed E-state index contributed by atoms with van der Waals surface area (Å²) in [5.41, 5.74) is 5.17. The summed E-state index contributed by atoms with van der Waals surface area (Å²) in [5, 5.41) is 16.5. The van der Waals surface area contributed by atoms with Crippen LogP contribution in [-0.2, 0) is 0 Å². The van der Waals surface area contributed by atoms with E-state index in [1.54, 1.807) is 0 Å². The van der Waals surface area contributed by atoms with E-state index < -0.39 is 30.8 Å². The number of anilines is 2. The largest absolute Gasteiger partial charge is 0.393 e. The summed E-state index contributed by atoms with van der Waals surface area (Å²) < 4.78 is 30.6. The molecule has 1 aliphatic carbocycles. The minimum atomic E-state index is -2.40. The molecule has 2 rings (SSSR count). The summed E-state index contributed by atoms with van der Waals surface area (Å²) in [4.78, 5) is 20.1. The van der Waals surface area contributed by atoms with Gasteiger partial charge in [0, 0.05) is 21.9 Å². The lowest BCUT2D eigenvalue weighted by Crippen LogP contribution is -2.36. The highest BCUT2D eigenvalue weighted by Gasteiger charge is 2.27. The van der Waals surface area contributed by atoms with Crippen molar-refractivity contribution in [3.05, 3.63) is 11.8 Å². The summed E-state index contributed by atoms with van der Waals surface area (Å²) in [6.45, 7) is 3.39. The number of nitrogens with two attached hydrogens (primary N) is 1. The zero-order chi connectivity index (χ0) is 20.6. The maximum Gasteiger partial charge on any atom is 0.254 e. The fourth-order valence-corrected chi connectivity index (χ4v) is 2.42. The van der Waals surface area contributed by atoms with Crippen LogP contribution in [-0.4, -0.2) is 38.6 Å². The zero-order valence-electron chi connectivity index (χ0n) is 17.7. The fraction of sp³-hybridized carbons (Fsp3) is 0.688. The van der Waals surface area contributed by atoms with Crippen LogP contribution in [0.4, 0.5) is 11.8 Å². The average molecular weight is 325 g/mol. The van der Waals surface area contributed by atoms with Gasteiger partial charge in [-0.15, -0.1) is 0 Å². The lowest BCUT2D eigenvalue weighted by molar-refractivity contribution is 0.0739. The maximum atomic E-state index is 11.7. The Balaban J connectivity index is 2.23. The Bertz CT molecular complexity index is 703. The molecule has 0 aromatic carbocycles. The summed E-state index contributed by atoms with van der Waals surface area (Å²) in [6, 6.07) is -0.429. The Labute approximate surface area is 142 Å². The van der Waals surface area contributed by atoms with Gasteiger partial charge in [0.15, 0.2) is 0 Å². The molecule has 1 aliphatic rings. The van der Waals surface area contributed by atoms with Crippen molar-refractivity contribution in [3.63, 3.8) is 0 Å². The van der Waals surface area contributed by atoms with E-state index in [0.29, 0.717) is 12.4 Å². The number of hydrogen-bond acceptors (Lipinski definition) is 6. The van der Waals surface area contributed by atoms with Crippen LogP contribution in [0, 0.1) is 5.92 Å². The van der Waals surface area contributed by atoms with Gasteiger partial charge in [0.05, 0.1) is 13.0 Å². The van der Waals surface area contributed by atoms with Gasteiger partial charge in [-0.2, -0.15) is 4.98 Å². The van der Waals surface area contributed by atoms with Gasteiger partial charge < -0.3 is 21.5 Å². The maximum absolute atomic E-state index is 11.7. The topological polar surface area (TPSA) is 113 Å². The molecular formula is C16H27N5O2. The molecule has 23 heavy (non-hydrogen) atoms. The second-order valence-electron chi connectivity index (χ2n) is 6.86. The normalized spacial score (nSPS) is 31.3. The molecule has 0 bridgehead atoms. The molecule has 1 fully saturated rings. The number of aliphatic hydroxyl groups is 1. The Hall–Kier alpha value is -1.89. The molecule has 1 heterocycles. The van der Waals surface area contributed by atoms with E-state index in [-0.39, 0.29) is 29.8 Å². The molecule has 1 aromatic heterocycles. The van der Waals surface area contributed by atoms with Crippen molar-refractivity contribution in [3.8, 4) is 0 Å². The molecule has 5 N–H and O–H groups in total. The predicted octanol–water partition coefficient (Wildman–Crippen LogP) is 1.75. The highest BCUT2D eigenvalue weighted by Crippen LogP contribution is 2.27. The second-order valence-corrected chi connectivity index (χ2v) is 6.86. The first-order chi connectivity index (χ1) is 12.2. The van der Waals surface area contributed by atoms with E-state index in [9.17, 15) is 9.90 Å². The minimum Gasteiger partial charge on any atom is -0.393 e. The number of hydrogen-bond donors (Lipinski definition) is 4. The first-order valence-corrected chi connectivity index (χ1v) is 7.63. The van der Waals surface area contributed by atoms with Crippen LogP contribution in [0.25, 0.3) is 0 Å². The monoisotopic (exact) mass is 325 g/mol. The summed E-state index contributed by atoms with van der Waals surface area (Å²) in [7, 11) is 0. The number of aromatic nitrogens is 2. The average Bonchev–Trinajstić information content (AvgIpc) is 2.42. The highest BCUT2D eigenvalue weighted by molar-refractivity contribution is 5.97. The molecule has 0 radical (unpaired) electrons. The molecule has 7 heteroatoms. The SMILES string of the molecule is [2H]C([2H])([2H])C1CCC(Nc2nc(NC(C)(C)C)ncc2C(N)=O)CC1([2H])O. The van der Waals surface area contributed by atoms with Gasteiger partial charge in [-0.05, 0) is 46.0 Å². The van der Waals surface area contributed by atoms with Crippen LogP contribution >= 0.6 is 0 Å². The molecule has 3 unspecified atom stereocenters. The number of amides is 1. The van der Waals surface area contributed by atoms with Gasteiger partial charge in [0.25, 0.3) is 5.91 Å². The van der Waals surface area contributed by atoms with Gasteiger partial charge >= 0.3 is 0 Å². The van der Waals surface area contributed by atoms with Crippen molar-refractivity contribution in [2.75, 3.05) is 10.6 Å². The lowest BCUT2D eigenvalue weighted by Gasteiger charge is -2.32. The van der Waals surface area contributed by atoms with Gasteiger partial charge in [0.1, 0.15) is 5.82 Å². The van der Waals surface area contributed by atoms with E-state index in [0.717, 1.165) is 0 Å². The van der Waals surface area contributed by atoms with Crippen molar-refractivity contribution in [1.82, 2.24) is 9.97 Å². The summed E-state index contributed by atoms with van der Waals surface area (Å²) >= 11 is 0. The second kappa shape index (κ2) is 6.70. The molecule has 0 aliphatic heterocycles. The van der Waals surface area contributed by atoms with E-state index >= 15 is 0 Å². The third kappa shape index (κ3) is 4.79. The van der Waals surface area contributed by atoms with E-state index in [4.69, 9.17) is 11.2 Å². The number of nitrogens with zero attached hydrogens (tertiary/aromatic N) is 2. The standard InChI is InChI=1S/C16H27N5O2/c1-9-5-6-10(7-12(9)22)19-14-11(13(17)23)8-18-15(20-14)21-16(2,3)4/h8-10,12,22H,5-7H2,1-4H3,(H2,17,23)(H2,18,19,20,21)/i1D3,12D. The third-order valence-electron chi connectivity index (χ3n) is 3.54. The molecule has 0 spiro atoms. The Morgan fingerprint density at radius 3 is 2.83 bits per heavy atom. The van der Waals surface area contributed by atoms with Crippen molar-refractivity contribution >= 4 is 17.7 Å². The van der Waals surface area contributed by atoms with Gasteiger partial charge in [-0.3, -0.25) is 4.79 Å². The minimum absolute atomic E-state index is 0.0842.